The molecule has 0 bridgehead atoms. The fourth-order valence-corrected chi connectivity index (χ4v) is 4.49. The molecule has 0 unspecified atom stereocenters. The molecule has 0 saturated carbocycles. The summed E-state index contributed by atoms with van der Waals surface area (Å²) in [5, 5.41) is 4.69. The van der Waals surface area contributed by atoms with Crippen LogP contribution in [0.25, 0.3) is 16.5 Å². The summed E-state index contributed by atoms with van der Waals surface area (Å²) in [5.74, 6) is 0.218. The number of carbonyl (C=O) groups excluding carboxylic acids is 1. The minimum Gasteiger partial charge on any atom is -0.372 e. The van der Waals surface area contributed by atoms with Crippen LogP contribution in [0.2, 0.25) is 0 Å². The zero-order chi connectivity index (χ0) is 18.6. The summed E-state index contributed by atoms with van der Waals surface area (Å²) in [6.45, 7) is 4.35. The van der Waals surface area contributed by atoms with E-state index in [1.807, 2.05) is 36.5 Å². The van der Waals surface area contributed by atoms with Gasteiger partial charge in [0.05, 0.1) is 17.3 Å². The second-order valence-electron chi connectivity index (χ2n) is 8.22. The first-order valence-corrected chi connectivity index (χ1v) is 9.35. The van der Waals surface area contributed by atoms with Gasteiger partial charge in [0.25, 0.3) is 0 Å². The minimum atomic E-state index is -0.202. The van der Waals surface area contributed by atoms with Gasteiger partial charge in [0.1, 0.15) is 0 Å². The molecule has 1 atom stereocenters. The Balaban J connectivity index is 1.82. The largest absolute Gasteiger partial charge is 0.372 e. The number of aromatic nitrogens is 2. The van der Waals surface area contributed by atoms with Crippen molar-refractivity contribution in [3.63, 3.8) is 0 Å². The normalized spacial score (nSPS) is 20.8. The van der Waals surface area contributed by atoms with E-state index in [1.54, 1.807) is 6.20 Å². The molecule has 0 amide bonds. The Labute approximate surface area is 158 Å². The molecule has 0 fully saturated rings. The molecule has 3 heterocycles. The van der Waals surface area contributed by atoms with Crippen molar-refractivity contribution < 1.29 is 4.79 Å². The van der Waals surface area contributed by atoms with Crippen molar-refractivity contribution in [1.29, 1.82) is 0 Å². The van der Waals surface area contributed by atoms with Gasteiger partial charge >= 0.3 is 0 Å². The number of anilines is 1. The van der Waals surface area contributed by atoms with Crippen LogP contribution in [0.5, 0.6) is 0 Å². The Kier molecular flexibility index (Phi) is 3.44. The van der Waals surface area contributed by atoms with Gasteiger partial charge in [-0.05, 0) is 47.7 Å². The first-order chi connectivity index (χ1) is 13.0. The summed E-state index contributed by atoms with van der Waals surface area (Å²) in [5.41, 5.74) is 5.99. The highest BCUT2D eigenvalue weighted by molar-refractivity contribution is 6.12. The van der Waals surface area contributed by atoms with Crippen molar-refractivity contribution in [1.82, 2.24) is 9.97 Å². The summed E-state index contributed by atoms with van der Waals surface area (Å²) >= 11 is 0. The molecule has 4 nitrogen and oxygen atoms in total. The van der Waals surface area contributed by atoms with E-state index < -0.39 is 0 Å². The number of carbonyl (C=O) groups is 1. The fraction of sp³-hybridized carbons (Fsp3) is 0.261. The number of allylic oxidation sites excluding steroid dienone is 1. The van der Waals surface area contributed by atoms with Gasteiger partial charge in [-0.3, -0.25) is 14.8 Å². The average molecular weight is 355 g/mol. The van der Waals surface area contributed by atoms with Crippen molar-refractivity contribution in [2.45, 2.75) is 32.7 Å². The highest BCUT2D eigenvalue weighted by Gasteiger charge is 2.41. The first kappa shape index (κ1) is 16.2. The molecule has 2 aliphatic rings. The number of rotatable bonds is 1. The van der Waals surface area contributed by atoms with Gasteiger partial charge < -0.3 is 5.32 Å². The highest BCUT2D eigenvalue weighted by Crippen LogP contribution is 2.51. The van der Waals surface area contributed by atoms with Crippen LogP contribution in [-0.2, 0) is 4.79 Å². The Morgan fingerprint density at radius 3 is 2.67 bits per heavy atom. The Hall–Kier alpha value is -3.01. The van der Waals surface area contributed by atoms with Crippen LogP contribution in [0.15, 0.2) is 60.4 Å². The molecular formula is C23H21N3O. The monoisotopic (exact) mass is 355 g/mol. The van der Waals surface area contributed by atoms with Gasteiger partial charge in [-0.25, -0.2) is 0 Å². The molecular weight excluding hydrogens is 334 g/mol. The smallest absolute Gasteiger partial charge is 0.162 e. The van der Waals surface area contributed by atoms with Crippen LogP contribution in [-0.4, -0.2) is 15.8 Å². The lowest BCUT2D eigenvalue weighted by atomic mass is 9.68. The van der Waals surface area contributed by atoms with Crippen molar-refractivity contribution in [2.24, 2.45) is 5.41 Å². The number of pyridine rings is 2. The molecule has 1 aliphatic carbocycles. The lowest BCUT2D eigenvalue weighted by Crippen LogP contribution is -2.33. The molecule has 2 aromatic heterocycles. The lowest BCUT2D eigenvalue weighted by molar-refractivity contribution is -0.118. The standard InChI is InChI=1S/C23H21N3O/c1-23(2)12-15-20-14-6-5-11-24-16(14)8-9-17(20)26-22(21(15)19(27)13-23)18-7-3-4-10-25-18/h3-11,22,26H,12-13H2,1-2H3/t22-/m1/s1. The summed E-state index contributed by atoms with van der Waals surface area (Å²) in [4.78, 5) is 22.3. The van der Waals surface area contributed by atoms with Gasteiger partial charge in [-0.15, -0.1) is 0 Å². The van der Waals surface area contributed by atoms with E-state index in [4.69, 9.17) is 0 Å². The van der Waals surface area contributed by atoms with Crippen molar-refractivity contribution in [3.05, 3.63) is 71.7 Å². The van der Waals surface area contributed by atoms with Gasteiger partial charge in [0.2, 0.25) is 0 Å². The number of nitrogens with zero attached hydrogens (tertiary/aromatic N) is 2. The zero-order valence-corrected chi connectivity index (χ0v) is 15.5. The summed E-state index contributed by atoms with van der Waals surface area (Å²) in [7, 11) is 0. The molecule has 1 aromatic carbocycles. The SMILES string of the molecule is CC1(C)CC(=O)C2=C(C1)c1c(ccc3ncccc13)N[C@@H]2c1ccccn1. The Bertz CT molecular complexity index is 1100. The number of fused-ring (bicyclic) bond motifs is 4. The van der Waals surface area contributed by atoms with E-state index in [1.165, 1.54) is 0 Å². The number of hydrogen-bond donors (Lipinski definition) is 1. The molecule has 3 aromatic rings. The molecule has 5 rings (SSSR count). The van der Waals surface area contributed by atoms with Gasteiger partial charge in [-0.2, -0.15) is 0 Å². The average Bonchev–Trinajstić information content (AvgIpc) is 2.66. The number of Topliss-reactive ketones (excluding diaryl/α,β-unsaturated/α-hetero) is 1. The second-order valence-corrected chi connectivity index (χ2v) is 8.22. The third kappa shape index (κ3) is 2.55. The number of hydrogen-bond acceptors (Lipinski definition) is 4. The fourth-order valence-electron chi connectivity index (χ4n) is 4.49. The first-order valence-electron chi connectivity index (χ1n) is 9.35. The predicted molar refractivity (Wildman–Crippen MR) is 107 cm³/mol. The molecule has 1 aliphatic heterocycles. The molecule has 134 valence electrons. The zero-order valence-electron chi connectivity index (χ0n) is 15.5. The van der Waals surface area contributed by atoms with E-state index in [2.05, 4.69) is 41.3 Å². The van der Waals surface area contributed by atoms with Crippen LogP contribution < -0.4 is 5.32 Å². The molecule has 0 radical (unpaired) electrons. The summed E-state index contributed by atoms with van der Waals surface area (Å²) in [6, 6.07) is 13.8. The number of ketones is 1. The molecule has 0 spiro atoms. The third-order valence-electron chi connectivity index (χ3n) is 5.58. The Morgan fingerprint density at radius 1 is 1.00 bits per heavy atom. The van der Waals surface area contributed by atoms with Crippen LogP contribution >= 0.6 is 0 Å². The Morgan fingerprint density at radius 2 is 1.85 bits per heavy atom. The second kappa shape index (κ2) is 5.74. The van der Waals surface area contributed by atoms with Gasteiger partial charge in [0, 0.05) is 41.0 Å². The van der Waals surface area contributed by atoms with Crippen LogP contribution in [0, 0.1) is 5.41 Å². The maximum absolute atomic E-state index is 13.2. The van der Waals surface area contributed by atoms with Crippen molar-refractivity contribution >= 4 is 27.9 Å². The van der Waals surface area contributed by atoms with E-state index >= 15 is 0 Å². The third-order valence-corrected chi connectivity index (χ3v) is 5.58. The number of benzene rings is 1. The van der Waals surface area contributed by atoms with Crippen molar-refractivity contribution in [2.75, 3.05) is 5.32 Å². The van der Waals surface area contributed by atoms with Gasteiger partial charge in [-0.1, -0.05) is 26.0 Å². The number of nitrogens with one attached hydrogen (secondary N) is 1. The van der Waals surface area contributed by atoms with Gasteiger partial charge in [0.15, 0.2) is 5.78 Å². The molecule has 0 saturated heterocycles. The molecule has 27 heavy (non-hydrogen) atoms. The predicted octanol–water partition coefficient (Wildman–Crippen LogP) is 4.94. The van der Waals surface area contributed by atoms with E-state index in [0.717, 1.165) is 45.4 Å². The van der Waals surface area contributed by atoms with E-state index in [0.29, 0.717) is 6.42 Å². The summed E-state index contributed by atoms with van der Waals surface area (Å²) in [6.07, 6.45) is 5.04. The van der Waals surface area contributed by atoms with E-state index in [9.17, 15) is 4.79 Å². The van der Waals surface area contributed by atoms with Crippen molar-refractivity contribution in [3.8, 4) is 0 Å². The van der Waals surface area contributed by atoms with Crippen LogP contribution in [0.3, 0.4) is 0 Å². The molecule has 1 N–H and O–H groups in total. The maximum Gasteiger partial charge on any atom is 0.162 e. The molecule has 4 heteroatoms. The van der Waals surface area contributed by atoms with Crippen LogP contribution in [0.1, 0.15) is 44.0 Å². The maximum atomic E-state index is 13.2. The van der Waals surface area contributed by atoms with Crippen LogP contribution in [0.4, 0.5) is 5.69 Å². The highest BCUT2D eigenvalue weighted by atomic mass is 16.1. The summed E-state index contributed by atoms with van der Waals surface area (Å²) < 4.78 is 0. The lowest BCUT2D eigenvalue weighted by Gasteiger charge is -2.39. The minimum absolute atomic E-state index is 0.0520. The topological polar surface area (TPSA) is 54.9 Å². The van der Waals surface area contributed by atoms with E-state index in [-0.39, 0.29) is 17.2 Å². The quantitative estimate of drug-likeness (QED) is 0.672.